The Balaban J connectivity index is 1.84. The van der Waals surface area contributed by atoms with Gasteiger partial charge < -0.3 is 10.0 Å². The second-order valence-corrected chi connectivity index (χ2v) is 6.40. The van der Waals surface area contributed by atoms with Gasteiger partial charge in [0.05, 0.1) is 16.7 Å². The van der Waals surface area contributed by atoms with Crippen LogP contribution in [0.25, 0.3) is 0 Å². The standard InChI is InChI=1S/C15H20N2O3S/c1-10-7-11(2)16-13(8-10)21-9-14(18)17-5-3-12(4-6-17)15(19)20/h7-8,12H,3-6,9H2,1-2H3,(H,19,20). The van der Waals surface area contributed by atoms with Crippen LogP contribution >= 0.6 is 11.8 Å². The summed E-state index contributed by atoms with van der Waals surface area (Å²) in [6.45, 7) is 5.03. The summed E-state index contributed by atoms with van der Waals surface area (Å²) >= 11 is 1.44. The van der Waals surface area contributed by atoms with Crippen LogP contribution in [0.1, 0.15) is 24.1 Å². The molecule has 1 N–H and O–H groups in total. The van der Waals surface area contributed by atoms with Crippen molar-refractivity contribution >= 4 is 23.6 Å². The van der Waals surface area contributed by atoms with Gasteiger partial charge in [0, 0.05) is 18.8 Å². The predicted molar refractivity (Wildman–Crippen MR) is 81.4 cm³/mol. The molecule has 0 aliphatic carbocycles. The number of carboxylic acid groups (broad SMARTS) is 1. The lowest BCUT2D eigenvalue weighted by Crippen LogP contribution is -2.41. The Morgan fingerprint density at radius 3 is 2.57 bits per heavy atom. The van der Waals surface area contributed by atoms with Crippen LogP contribution in [-0.4, -0.2) is 45.7 Å². The van der Waals surface area contributed by atoms with Gasteiger partial charge in [-0.25, -0.2) is 4.98 Å². The number of likely N-dealkylation sites (tertiary alicyclic amines) is 1. The molecule has 6 heteroatoms. The molecule has 0 unspecified atom stereocenters. The fraction of sp³-hybridized carbons (Fsp3) is 0.533. The van der Waals surface area contributed by atoms with Gasteiger partial charge >= 0.3 is 5.97 Å². The lowest BCUT2D eigenvalue weighted by Gasteiger charge is -2.30. The van der Waals surface area contributed by atoms with Crippen molar-refractivity contribution in [1.82, 2.24) is 9.88 Å². The van der Waals surface area contributed by atoms with Crippen LogP contribution in [0.3, 0.4) is 0 Å². The highest BCUT2D eigenvalue weighted by molar-refractivity contribution is 7.99. The van der Waals surface area contributed by atoms with E-state index in [0.29, 0.717) is 31.7 Å². The van der Waals surface area contributed by atoms with Crippen molar-refractivity contribution in [2.24, 2.45) is 5.92 Å². The summed E-state index contributed by atoms with van der Waals surface area (Å²) in [5.41, 5.74) is 2.09. The lowest BCUT2D eigenvalue weighted by atomic mass is 9.97. The van der Waals surface area contributed by atoms with Crippen molar-refractivity contribution in [2.75, 3.05) is 18.8 Å². The highest BCUT2D eigenvalue weighted by Gasteiger charge is 2.26. The predicted octanol–water partition coefficient (Wildman–Crippen LogP) is 2.11. The number of carbonyl (C=O) groups excluding carboxylic acids is 1. The van der Waals surface area contributed by atoms with Crippen molar-refractivity contribution in [3.8, 4) is 0 Å². The van der Waals surface area contributed by atoms with E-state index in [4.69, 9.17) is 5.11 Å². The number of hydrogen-bond donors (Lipinski definition) is 1. The van der Waals surface area contributed by atoms with Crippen LogP contribution in [-0.2, 0) is 9.59 Å². The molecule has 0 spiro atoms. The summed E-state index contributed by atoms with van der Waals surface area (Å²) in [6, 6.07) is 3.98. The van der Waals surface area contributed by atoms with E-state index in [1.807, 2.05) is 26.0 Å². The van der Waals surface area contributed by atoms with E-state index in [-0.39, 0.29) is 11.8 Å². The van der Waals surface area contributed by atoms with Crippen molar-refractivity contribution in [3.63, 3.8) is 0 Å². The third-order valence-corrected chi connectivity index (χ3v) is 4.51. The molecule has 2 rings (SSSR count). The number of hydrogen-bond acceptors (Lipinski definition) is 4. The fourth-order valence-electron chi connectivity index (χ4n) is 2.48. The first kappa shape index (κ1) is 15.8. The molecule has 1 amide bonds. The Kier molecular flexibility index (Phi) is 5.22. The van der Waals surface area contributed by atoms with E-state index in [9.17, 15) is 9.59 Å². The second kappa shape index (κ2) is 6.93. The molecule has 1 aliphatic heterocycles. The Morgan fingerprint density at radius 2 is 2.00 bits per heavy atom. The van der Waals surface area contributed by atoms with Crippen molar-refractivity contribution in [1.29, 1.82) is 0 Å². The van der Waals surface area contributed by atoms with E-state index in [2.05, 4.69) is 4.98 Å². The molecular weight excluding hydrogens is 288 g/mol. The Bertz CT molecular complexity index is 519. The van der Waals surface area contributed by atoms with Gasteiger partial charge in [0.15, 0.2) is 0 Å². The molecule has 0 radical (unpaired) electrons. The average molecular weight is 308 g/mol. The van der Waals surface area contributed by atoms with Crippen LogP contribution in [0.15, 0.2) is 17.2 Å². The summed E-state index contributed by atoms with van der Waals surface area (Å²) in [4.78, 5) is 29.2. The number of aliphatic carboxylic acids is 1. The zero-order valence-electron chi connectivity index (χ0n) is 12.3. The summed E-state index contributed by atoms with van der Waals surface area (Å²) in [6.07, 6.45) is 1.10. The molecule has 5 nitrogen and oxygen atoms in total. The number of carboxylic acids is 1. The smallest absolute Gasteiger partial charge is 0.306 e. The lowest BCUT2D eigenvalue weighted by molar-refractivity contribution is -0.145. The first-order valence-electron chi connectivity index (χ1n) is 7.04. The first-order chi connectivity index (χ1) is 9.95. The SMILES string of the molecule is Cc1cc(C)nc(SCC(=O)N2CCC(C(=O)O)CC2)c1. The van der Waals surface area contributed by atoms with Crippen LogP contribution in [0, 0.1) is 19.8 Å². The largest absolute Gasteiger partial charge is 0.481 e. The van der Waals surface area contributed by atoms with E-state index >= 15 is 0 Å². The molecule has 0 atom stereocenters. The molecule has 1 fully saturated rings. The number of piperidine rings is 1. The van der Waals surface area contributed by atoms with Crippen LogP contribution < -0.4 is 0 Å². The van der Waals surface area contributed by atoms with Crippen LogP contribution in [0.4, 0.5) is 0 Å². The molecule has 0 aromatic carbocycles. The Morgan fingerprint density at radius 1 is 1.33 bits per heavy atom. The van der Waals surface area contributed by atoms with Gasteiger partial charge in [0.25, 0.3) is 0 Å². The minimum Gasteiger partial charge on any atom is -0.481 e. The zero-order valence-corrected chi connectivity index (χ0v) is 13.2. The number of aryl methyl sites for hydroxylation is 2. The normalized spacial score (nSPS) is 16.0. The Hall–Kier alpha value is -1.56. The number of amides is 1. The van der Waals surface area contributed by atoms with Gasteiger partial charge in [0.2, 0.25) is 5.91 Å². The minimum atomic E-state index is -0.754. The van der Waals surface area contributed by atoms with Gasteiger partial charge in [-0.2, -0.15) is 0 Å². The third-order valence-electron chi connectivity index (χ3n) is 3.61. The molecule has 1 aromatic heterocycles. The summed E-state index contributed by atoms with van der Waals surface area (Å²) in [5, 5.41) is 9.81. The minimum absolute atomic E-state index is 0.0600. The summed E-state index contributed by atoms with van der Waals surface area (Å²) in [7, 11) is 0. The van der Waals surface area contributed by atoms with E-state index in [1.165, 1.54) is 11.8 Å². The topological polar surface area (TPSA) is 70.5 Å². The van der Waals surface area contributed by atoms with E-state index < -0.39 is 5.97 Å². The fourth-order valence-corrected chi connectivity index (χ4v) is 3.41. The number of carbonyl (C=O) groups is 2. The second-order valence-electron chi connectivity index (χ2n) is 5.41. The first-order valence-corrected chi connectivity index (χ1v) is 8.03. The molecule has 1 aliphatic rings. The third kappa shape index (κ3) is 4.46. The van der Waals surface area contributed by atoms with Crippen molar-refractivity contribution in [2.45, 2.75) is 31.7 Å². The highest BCUT2D eigenvalue weighted by atomic mass is 32.2. The number of aromatic nitrogens is 1. The maximum Gasteiger partial charge on any atom is 0.306 e. The molecule has 2 heterocycles. The molecule has 1 aromatic rings. The van der Waals surface area contributed by atoms with Gasteiger partial charge in [0.1, 0.15) is 0 Å². The molecule has 21 heavy (non-hydrogen) atoms. The van der Waals surface area contributed by atoms with Gasteiger partial charge in [-0.05, 0) is 44.4 Å². The number of pyridine rings is 1. The molecule has 1 saturated heterocycles. The molecule has 114 valence electrons. The number of nitrogens with zero attached hydrogens (tertiary/aromatic N) is 2. The molecular formula is C15H20N2O3S. The van der Waals surface area contributed by atoms with Crippen molar-refractivity contribution < 1.29 is 14.7 Å². The molecule has 0 bridgehead atoms. The van der Waals surface area contributed by atoms with Crippen molar-refractivity contribution in [3.05, 3.63) is 23.4 Å². The van der Waals surface area contributed by atoms with E-state index in [0.717, 1.165) is 16.3 Å². The zero-order chi connectivity index (χ0) is 15.4. The quantitative estimate of drug-likeness (QED) is 0.863. The van der Waals surface area contributed by atoms with Gasteiger partial charge in [-0.1, -0.05) is 11.8 Å². The summed E-state index contributed by atoms with van der Waals surface area (Å²) in [5.74, 6) is -0.642. The molecule has 0 saturated carbocycles. The highest BCUT2D eigenvalue weighted by Crippen LogP contribution is 2.21. The van der Waals surface area contributed by atoms with Gasteiger partial charge in [-0.3, -0.25) is 9.59 Å². The van der Waals surface area contributed by atoms with Crippen LogP contribution in [0.2, 0.25) is 0 Å². The van der Waals surface area contributed by atoms with Crippen LogP contribution in [0.5, 0.6) is 0 Å². The average Bonchev–Trinajstić information content (AvgIpc) is 2.44. The number of thioether (sulfide) groups is 1. The maximum atomic E-state index is 12.1. The monoisotopic (exact) mass is 308 g/mol. The van der Waals surface area contributed by atoms with Gasteiger partial charge in [-0.15, -0.1) is 0 Å². The maximum absolute atomic E-state index is 12.1. The van der Waals surface area contributed by atoms with E-state index in [1.54, 1.807) is 4.90 Å². The number of rotatable bonds is 4. The Labute approximate surface area is 128 Å². The summed E-state index contributed by atoms with van der Waals surface area (Å²) < 4.78 is 0.